The van der Waals surface area contributed by atoms with Gasteiger partial charge in [-0.25, -0.2) is 0 Å². The summed E-state index contributed by atoms with van der Waals surface area (Å²) >= 11 is 0. The third-order valence-electron chi connectivity index (χ3n) is 1.86. The van der Waals surface area contributed by atoms with Gasteiger partial charge in [0, 0.05) is 11.8 Å². The molecule has 1 aliphatic rings. The smallest absolute Gasteiger partial charge is 0.155 e. The highest BCUT2D eigenvalue weighted by Gasteiger charge is 2.22. The molecular weight excluding hydrogens is 124 g/mol. The number of allylic oxidation sites excluding steroid dienone is 2. The van der Waals surface area contributed by atoms with Crippen LogP contribution in [0.3, 0.4) is 0 Å². The number of carbonyl (C=O) groups excluding carboxylic acids is 1. The zero-order valence-corrected chi connectivity index (χ0v) is 6.05. The van der Waals surface area contributed by atoms with Crippen LogP contribution in [0.1, 0.15) is 19.8 Å². The molecule has 1 aliphatic carbocycles. The minimum Gasteiger partial charge on any atom is -0.295 e. The monoisotopic (exact) mass is 134 g/mol. The lowest BCUT2D eigenvalue weighted by Gasteiger charge is -2.21. The van der Waals surface area contributed by atoms with Crippen molar-refractivity contribution in [1.82, 2.24) is 0 Å². The van der Waals surface area contributed by atoms with E-state index in [1.54, 1.807) is 6.08 Å². The summed E-state index contributed by atoms with van der Waals surface area (Å²) in [4.78, 5) is 10.7. The van der Waals surface area contributed by atoms with E-state index in [1.807, 2.05) is 13.0 Å². The Bertz CT molecular complexity index is 219. The molecule has 0 radical (unpaired) electrons. The van der Waals surface area contributed by atoms with E-state index < -0.39 is 0 Å². The van der Waals surface area contributed by atoms with Crippen LogP contribution in [0.5, 0.6) is 0 Å². The zero-order chi connectivity index (χ0) is 7.61. The maximum absolute atomic E-state index is 10.7. The van der Waals surface area contributed by atoms with Gasteiger partial charge in [-0.3, -0.25) is 4.79 Å². The van der Waals surface area contributed by atoms with Gasteiger partial charge in [0.1, 0.15) is 0 Å². The van der Waals surface area contributed by atoms with Gasteiger partial charge >= 0.3 is 0 Å². The summed E-state index contributed by atoms with van der Waals surface area (Å²) in [5.41, 5.74) is -0.173. The van der Waals surface area contributed by atoms with E-state index in [0.717, 1.165) is 6.42 Å². The molecule has 0 saturated carbocycles. The Labute approximate surface area is 61.1 Å². The Morgan fingerprint density at radius 3 is 2.90 bits per heavy atom. The Hall–Kier alpha value is -1.03. The Morgan fingerprint density at radius 1 is 1.80 bits per heavy atom. The fourth-order valence-electron chi connectivity index (χ4n) is 0.947. The highest BCUT2D eigenvalue weighted by molar-refractivity contribution is 5.90. The van der Waals surface area contributed by atoms with E-state index in [-0.39, 0.29) is 11.2 Å². The predicted molar refractivity (Wildman–Crippen MR) is 40.3 cm³/mol. The number of carbonyl (C=O) groups is 1. The van der Waals surface area contributed by atoms with Crippen molar-refractivity contribution in [1.29, 1.82) is 0 Å². The van der Waals surface area contributed by atoms with Gasteiger partial charge in [0.25, 0.3) is 0 Å². The molecule has 0 bridgehead atoms. The molecule has 0 aliphatic heterocycles. The summed E-state index contributed by atoms with van der Waals surface area (Å²) in [5.74, 6) is 2.85. The van der Waals surface area contributed by atoms with Crippen LogP contribution in [0, 0.1) is 17.8 Å². The molecule has 0 aromatic carbocycles. The normalized spacial score (nSPS) is 31.8. The van der Waals surface area contributed by atoms with Gasteiger partial charge in [0.15, 0.2) is 5.78 Å². The lowest BCUT2D eigenvalue weighted by molar-refractivity contribution is -0.115. The van der Waals surface area contributed by atoms with E-state index in [0.29, 0.717) is 6.42 Å². The molecule has 0 N–H and O–H groups in total. The maximum atomic E-state index is 10.7. The standard InChI is InChI=1S/C9H10O/c1-3-9(2)6-4-8(10)5-7-9/h1,4,6H,5,7H2,2H3. The van der Waals surface area contributed by atoms with Crippen molar-refractivity contribution < 1.29 is 4.79 Å². The van der Waals surface area contributed by atoms with Crippen LogP contribution in [0.2, 0.25) is 0 Å². The molecule has 1 unspecified atom stereocenters. The summed E-state index contributed by atoms with van der Waals surface area (Å²) < 4.78 is 0. The predicted octanol–water partition coefficient (Wildman–Crippen LogP) is 1.54. The van der Waals surface area contributed by atoms with Gasteiger partial charge < -0.3 is 0 Å². The van der Waals surface area contributed by atoms with Gasteiger partial charge in [0.2, 0.25) is 0 Å². The molecule has 0 aromatic rings. The highest BCUT2D eigenvalue weighted by Crippen LogP contribution is 2.27. The van der Waals surface area contributed by atoms with E-state index in [2.05, 4.69) is 5.92 Å². The second-order valence-electron chi connectivity index (χ2n) is 2.86. The maximum Gasteiger partial charge on any atom is 0.155 e. The van der Waals surface area contributed by atoms with Gasteiger partial charge in [-0.1, -0.05) is 12.0 Å². The van der Waals surface area contributed by atoms with Crippen LogP contribution in [0.4, 0.5) is 0 Å². The van der Waals surface area contributed by atoms with Crippen molar-refractivity contribution in [3.8, 4) is 12.3 Å². The number of terminal acetylenes is 1. The average molecular weight is 134 g/mol. The lowest BCUT2D eigenvalue weighted by Crippen LogP contribution is -2.16. The molecule has 0 fully saturated rings. The number of ketones is 1. The van der Waals surface area contributed by atoms with Gasteiger partial charge in [-0.2, -0.15) is 0 Å². The second-order valence-corrected chi connectivity index (χ2v) is 2.86. The summed E-state index contributed by atoms with van der Waals surface area (Å²) in [6, 6.07) is 0. The fourth-order valence-corrected chi connectivity index (χ4v) is 0.947. The summed E-state index contributed by atoms with van der Waals surface area (Å²) in [6.45, 7) is 1.97. The van der Waals surface area contributed by atoms with Crippen LogP contribution in [-0.2, 0) is 4.79 Å². The zero-order valence-electron chi connectivity index (χ0n) is 6.05. The van der Waals surface area contributed by atoms with E-state index in [4.69, 9.17) is 6.42 Å². The fraction of sp³-hybridized carbons (Fsp3) is 0.444. The highest BCUT2D eigenvalue weighted by atomic mass is 16.1. The van der Waals surface area contributed by atoms with Crippen LogP contribution < -0.4 is 0 Å². The van der Waals surface area contributed by atoms with Gasteiger partial charge in [-0.05, 0) is 19.4 Å². The van der Waals surface area contributed by atoms with Crippen molar-refractivity contribution in [2.75, 3.05) is 0 Å². The first-order valence-corrected chi connectivity index (χ1v) is 3.36. The van der Waals surface area contributed by atoms with Crippen LogP contribution >= 0.6 is 0 Å². The first kappa shape index (κ1) is 7.08. The SMILES string of the molecule is C#CC1(C)C=CC(=O)CC1. The third kappa shape index (κ3) is 1.27. The van der Waals surface area contributed by atoms with Crippen molar-refractivity contribution in [3.05, 3.63) is 12.2 Å². The van der Waals surface area contributed by atoms with Crippen molar-refractivity contribution in [2.45, 2.75) is 19.8 Å². The Morgan fingerprint density at radius 2 is 2.50 bits per heavy atom. The van der Waals surface area contributed by atoms with Crippen molar-refractivity contribution in [3.63, 3.8) is 0 Å². The molecule has 0 amide bonds. The molecule has 10 heavy (non-hydrogen) atoms. The molecule has 0 heterocycles. The Kier molecular flexibility index (Phi) is 1.63. The molecule has 0 saturated heterocycles. The second kappa shape index (κ2) is 2.30. The van der Waals surface area contributed by atoms with Crippen LogP contribution in [0.15, 0.2) is 12.2 Å². The van der Waals surface area contributed by atoms with Crippen molar-refractivity contribution >= 4 is 5.78 Å². The molecule has 0 aromatic heterocycles. The number of rotatable bonds is 0. The third-order valence-corrected chi connectivity index (χ3v) is 1.86. The summed E-state index contributed by atoms with van der Waals surface area (Å²) in [5, 5.41) is 0. The first-order chi connectivity index (χ1) is 4.66. The molecular formula is C9H10O. The number of hydrogen-bond donors (Lipinski definition) is 0. The summed E-state index contributed by atoms with van der Waals surface area (Å²) in [6.07, 6.45) is 10.1. The molecule has 0 spiro atoms. The molecule has 1 nitrogen and oxygen atoms in total. The molecule has 1 rings (SSSR count). The topological polar surface area (TPSA) is 17.1 Å². The first-order valence-electron chi connectivity index (χ1n) is 3.36. The average Bonchev–Trinajstić information content (AvgIpc) is 1.96. The molecule has 52 valence electrons. The largest absolute Gasteiger partial charge is 0.295 e. The minimum absolute atomic E-state index is 0.173. The number of hydrogen-bond acceptors (Lipinski definition) is 1. The van der Waals surface area contributed by atoms with E-state index in [9.17, 15) is 4.79 Å². The van der Waals surface area contributed by atoms with E-state index in [1.165, 1.54) is 0 Å². The quantitative estimate of drug-likeness (QED) is 0.459. The Balaban J connectivity index is 2.80. The van der Waals surface area contributed by atoms with Crippen molar-refractivity contribution in [2.24, 2.45) is 5.41 Å². The molecule has 1 atom stereocenters. The van der Waals surface area contributed by atoms with Gasteiger partial charge in [-0.15, -0.1) is 6.42 Å². The molecule has 1 heteroatoms. The van der Waals surface area contributed by atoms with Crippen LogP contribution in [-0.4, -0.2) is 5.78 Å². The van der Waals surface area contributed by atoms with E-state index >= 15 is 0 Å². The van der Waals surface area contributed by atoms with Crippen LogP contribution in [0.25, 0.3) is 0 Å². The van der Waals surface area contributed by atoms with Gasteiger partial charge in [0.05, 0.1) is 0 Å². The summed E-state index contributed by atoms with van der Waals surface area (Å²) in [7, 11) is 0. The lowest BCUT2D eigenvalue weighted by atomic mass is 9.81. The minimum atomic E-state index is -0.173.